The van der Waals surface area contributed by atoms with Gasteiger partial charge in [0.1, 0.15) is 0 Å². The van der Waals surface area contributed by atoms with Gasteiger partial charge in [-0.1, -0.05) is 26.8 Å². The van der Waals surface area contributed by atoms with Crippen molar-refractivity contribution in [1.82, 2.24) is 0 Å². The van der Waals surface area contributed by atoms with E-state index in [4.69, 9.17) is 4.43 Å². The van der Waals surface area contributed by atoms with Gasteiger partial charge < -0.3 is 9.53 Å². The van der Waals surface area contributed by atoms with E-state index >= 15 is 0 Å². The second kappa shape index (κ2) is 4.63. The van der Waals surface area contributed by atoms with Crippen molar-refractivity contribution in [2.24, 2.45) is 5.92 Å². The molecule has 1 aliphatic rings. The lowest BCUT2D eigenvalue weighted by atomic mass is 10.1. The zero-order valence-electron chi connectivity index (χ0n) is 11.3. The summed E-state index contributed by atoms with van der Waals surface area (Å²) in [5.41, 5.74) is 0. The van der Waals surface area contributed by atoms with E-state index in [1.165, 1.54) is 0 Å². The second-order valence-electron chi connectivity index (χ2n) is 6.44. The van der Waals surface area contributed by atoms with E-state index in [1.54, 1.807) is 0 Å². The highest BCUT2D eigenvalue weighted by Crippen LogP contribution is 2.40. The van der Waals surface area contributed by atoms with Crippen molar-refractivity contribution in [1.29, 1.82) is 0 Å². The predicted octanol–water partition coefficient (Wildman–Crippen LogP) is 3.33. The number of rotatable bonds is 3. The van der Waals surface area contributed by atoms with E-state index in [9.17, 15) is 5.11 Å². The molecule has 0 amide bonds. The third kappa shape index (κ3) is 2.96. The summed E-state index contributed by atoms with van der Waals surface area (Å²) in [5, 5.41) is 10.1. The zero-order valence-corrected chi connectivity index (χ0v) is 12.3. The third-order valence-corrected chi connectivity index (χ3v) is 8.64. The van der Waals surface area contributed by atoms with Gasteiger partial charge in [0.2, 0.25) is 0 Å². The van der Waals surface area contributed by atoms with Gasteiger partial charge in [-0.3, -0.25) is 0 Å². The van der Waals surface area contributed by atoms with Crippen molar-refractivity contribution >= 4 is 8.32 Å². The molecule has 2 nitrogen and oxygen atoms in total. The van der Waals surface area contributed by atoms with Gasteiger partial charge in [0.25, 0.3) is 0 Å². The first-order chi connectivity index (χ1) is 7.17. The Morgan fingerprint density at radius 1 is 1.31 bits per heavy atom. The van der Waals surface area contributed by atoms with Gasteiger partial charge in [-0.15, -0.1) is 6.58 Å². The second-order valence-corrected chi connectivity index (χ2v) is 11.2. The van der Waals surface area contributed by atoms with E-state index < -0.39 is 8.32 Å². The molecule has 0 aromatic carbocycles. The molecule has 16 heavy (non-hydrogen) atoms. The first-order valence-corrected chi connectivity index (χ1v) is 9.06. The Balaban J connectivity index is 2.60. The van der Waals surface area contributed by atoms with Crippen molar-refractivity contribution in [3.05, 3.63) is 12.7 Å². The van der Waals surface area contributed by atoms with Crippen LogP contribution >= 0.6 is 0 Å². The van der Waals surface area contributed by atoms with Crippen molar-refractivity contribution < 1.29 is 9.53 Å². The lowest BCUT2D eigenvalue weighted by Gasteiger charge is -2.38. The summed E-state index contributed by atoms with van der Waals surface area (Å²) < 4.78 is 6.30. The maximum absolute atomic E-state index is 9.82. The molecule has 1 saturated carbocycles. The van der Waals surface area contributed by atoms with Crippen LogP contribution in [0.5, 0.6) is 0 Å². The van der Waals surface area contributed by atoms with Gasteiger partial charge in [0.15, 0.2) is 8.32 Å². The Bertz CT molecular complexity index is 255. The van der Waals surface area contributed by atoms with E-state index in [-0.39, 0.29) is 23.2 Å². The van der Waals surface area contributed by atoms with E-state index in [1.807, 2.05) is 6.08 Å². The van der Waals surface area contributed by atoms with E-state index in [0.29, 0.717) is 0 Å². The highest BCUT2D eigenvalue weighted by molar-refractivity contribution is 6.74. The Morgan fingerprint density at radius 3 is 2.25 bits per heavy atom. The molecule has 1 rings (SSSR count). The molecule has 1 aliphatic carbocycles. The SMILES string of the molecule is C=CC1CC(O[Si](C)(C)C(C)(C)C)CC1O. The molecular weight excluding hydrogens is 216 g/mol. The Hall–Kier alpha value is -0.123. The zero-order chi connectivity index (χ0) is 12.6. The Labute approximate surface area is 101 Å². The van der Waals surface area contributed by atoms with Gasteiger partial charge in [0, 0.05) is 12.0 Å². The number of aliphatic hydroxyl groups excluding tert-OH is 1. The largest absolute Gasteiger partial charge is 0.414 e. The number of aliphatic hydroxyl groups is 1. The molecule has 3 atom stereocenters. The predicted molar refractivity (Wildman–Crippen MR) is 71.0 cm³/mol. The summed E-state index contributed by atoms with van der Waals surface area (Å²) in [6.07, 6.45) is 3.52. The van der Waals surface area contributed by atoms with Crippen molar-refractivity contribution in [2.75, 3.05) is 0 Å². The maximum Gasteiger partial charge on any atom is 0.192 e. The molecule has 0 spiro atoms. The lowest BCUT2D eigenvalue weighted by Crippen LogP contribution is -2.43. The van der Waals surface area contributed by atoms with Gasteiger partial charge in [-0.25, -0.2) is 0 Å². The topological polar surface area (TPSA) is 29.5 Å². The molecule has 1 fully saturated rings. The van der Waals surface area contributed by atoms with Crippen LogP contribution in [0.4, 0.5) is 0 Å². The van der Waals surface area contributed by atoms with Crippen LogP contribution in [0.15, 0.2) is 12.7 Å². The summed E-state index contributed by atoms with van der Waals surface area (Å²) in [5.74, 6) is 0.217. The van der Waals surface area contributed by atoms with Crippen LogP contribution < -0.4 is 0 Å². The molecular formula is C13H26O2Si. The summed E-state index contributed by atoms with van der Waals surface area (Å²) in [4.78, 5) is 0. The molecule has 1 N–H and O–H groups in total. The highest BCUT2D eigenvalue weighted by atomic mass is 28.4. The van der Waals surface area contributed by atoms with Crippen LogP contribution in [0.3, 0.4) is 0 Å². The summed E-state index contributed by atoms with van der Waals surface area (Å²) in [6, 6.07) is 0. The minimum Gasteiger partial charge on any atom is -0.414 e. The van der Waals surface area contributed by atoms with Crippen LogP contribution in [-0.4, -0.2) is 25.6 Å². The van der Waals surface area contributed by atoms with Gasteiger partial charge in [-0.2, -0.15) is 0 Å². The van der Waals surface area contributed by atoms with Crippen LogP contribution in [0.25, 0.3) is 0 Å². The van der Waals surface area contributed by atoms with Crippen LogP contribution in [0, 0.1) is 5.92 Å². The van der Waals surface area contributed by atoms with E-state index in [2.05, 4.69) is 40.4 Å². The van der Waals surface area contributed by atoms with Crippen molar-refractivity contribution in [2.45, 2.75) is 64.0 Å². The summed E-state index contributed by atoms with van der Waals surface area (Å²) in [6.45, 7) is 15.0. The van der Waals surface area contributed by atoms with Crippen LogP contribution in [0.2, 0.25) is 18.1 Å². The normalized spacial score (nSPS) is 31.8. The van der Waals surface area contributed by atoms with Crippen molar-refractivity contribution in [3.63, 3.8) is 0 Å². The Kier molecular flexibility index (Phi) is 4.03. The molecule has 0 bridgehead atoms. The fourth-order valence-electron chi connectivity index (χ4n) is 1.94. The number of hydrogen-bond donors (Lipinski definition) is 1. The molecule has 0 heterocycles. The minimum atomic E-state index is -1.69. The molecule has 0 aromatic rings. The molecule has 94 valence electrons. The third-order valence-electron chi connectivity index (χ3n) is 4.10. The first-order valence-electron chi connectivity index (χ1n) is 6.16. The standard InChI is InChI=1S/C13H26O2Si/c1-7-10-8-11(9-12(10)14)15-16(5,6)13(2,3)4/h7,10-12,14H,1,8-9H2,2-6H3. The van der Waals surface area contributed by atoms with E-state index in [0.717, 1.165) is 12.8 Å². The average Bonchev–Trinajstić information content (AvgIpc) is 2.43. The molecule has 3 unspecified atom stereocenters. The molecule has 0 radical (unpaired) electrons. The lowest BCUT2D eigenvalue weighted by molar-refractivity contribution is 0.132. The number of hydrogen-bond acceptors (Lipinski definition) is 2. The smallest absolute Gasteiger partial charge is 0.192 e. The summed E-state index contributed by atoms with van der Waals surface area (Å²) in [7, 11) is -1.69. The fraction of sp³-hybridized carbons (Fsp3) is 0.846. The van der Waals surface area contributed by atoms with Crippen molar-refractivity contribution in [3.8, 4) is 0 Å². The molecule has 3 heteroatoms. The maximum atomic E-state index is 9.82. The van der Waals surface area contributed by atoms with Crippen LogP contribution in [0.1, 0.15) is 33.6 Å². The van der Waals surface area contributed by atoms with Crippen LogP contribution in [-0.2, 0) is 4.43 Å². The molecule has 0 aliphatic heterocycles. The molecule has 0 saturated heterocycles. The fourth-order valence-corrected chi connectivity index (χ4v) is 3.32. The van der Waals surface area contributed by atoms with Gasteiger partial charge >= 0.3 is 0 Å². The molecule has 0 aromatic heterocycles. The summed E-state index contributed by atoms with van der Waals surface area (Å²) >= 11 is 0. The first kappa shape index (κ1) is 13.9. The monoisotopic (exact) mass is 242 g/mol. The average molecular weight is 242 g/mol. The Morgan fingerprint density at radius 2 is 1.88 bits per heavy atom. The quantitative estimate of drug-likeness (QED) is 0.607. The highest BCUT2D eigenvalue weighted by Gasteiger charge is 2.42. The van der Waals surface area contributed by atoms with Gasteiger partial charge in [-0.05, 0) is 31.0 Å². The van der Waals surface area contributed by atoms with Gasteiger partial charge in [0.05, 0.1) is 6.10 Å². The minimum absolute atomic E-state index is 0.217.